The lowest BCUT2D eigenvalue weighted by Gasteiger charge is -2.33. The minimum Gasteiger partial charge on any atom is -0.381 e. The van der Waals surface area contributed by atoms with Crippen LogP contribution in [0.25, 0.3) is 0 Å². The number of carbonyl (C=O) groups is 1. The number of aromatic amines is 1. The molecule has 1 aromatic rings. The summed E-state index contributed by atoms with van der Waals surface area (Å²) in [6.45, 7) is 3.04. The molecule has 0 radical (unpaired) electrons. The number of ether oxygens (including phenoxy) is 1. The van der Waals surface area contributed by atoms with Crippen LogP contribution in [0.4, 0.5) is 0 Å². The monoisotopic (exact) mass is 249 g/mol. The summed E-state index contributed by atoms with van der Waals surface area (Å²) in [5.41, 5.74) is 1.15. The molecule has 5 nitrogen and oxygen atoms in total. The second-order valence-electron chi connectivity index (χ2n) is 5.20. The van der Waals surface area contributed by atoms with Gasteiger partial charge in [0, 0.05) is 37.5 Å². The van der Waals surface area contributed by atoms with Crippen molar-refractivity contribution < 1.29 is 9.53 Å². The van der Waals surface area contributed by atoms with Gasteiger partial charge in [-0.2, -0.15) is 5.10 Å². The first-order valence-electron chi connectivity index (χ1n) is 6.70. The van der Waals surface area contributed by atoms with Crippen LogP contribution in [0.3, 0.4) is 0 Å². The van der Waals surface area contributed by atoms with E-state index in [9.17, 15) is 4.79 Å². The summed E-state index contributed by atoms with van der Waals surface area (Å²) in [6.07, 6.45) is 4.86. The molecule has 5 heteroatoms. The molecule has 1 amide bonds. The fourth-order valence-corrected chi connectivity index (χ4v) is 2.91. The number of carbonyl (C=O) groups excluding carboxylic acids is 1. The molecular formula is C13H19N3O2. The number of nitrogens with one attached hydrogen (secondary N) is 1. The van der Waals surface area contributed by atoms with Crippen LogP contribution in [0.2, 0.25) is 0 Å². The molecule has 0 saturated carbocycles. The number of hydrogen-bond donors (Lipinski definition) is 1. The van der Waals surface area contributed by atoms with Crippen LogP contribution in [-0.2, 0) is 9.53 Å². The summed E-state index contributed by atoms with van der Waals surface area (Å²) < 4.78 is 5.30. The van der Waals surface area contributed by atoms with E-state index in [0.717, 1.165) is 44.7 Å². The first-order chi connectivity index (χ1) is 8.84. The highest BCUT2D eigenvalue weighted by molar-refractivity contribution is 5.79. The van der Waals surface area contributed by atoms with Gasteiger partial charge in [0.25, 0.3) is 0 Å². The number of amides is 1. The van der Waals surface area contributed by atoms with E-state index in [0.29, 0.717) is 12.5 Å². The average molecular weight is 249 g/mol. The van der Waals surface area contributed by atoms with Gasteiger partial charge in [0.1, 0.15) is 0 Å². The van der Waals surface area contributed by atoms with E-state index in [2.05, 4.69) is 10.2 Å². The number of nitrogens with zero attached hydrogens (tertiary/aromatic N) is 2. The Morgan fingerprint density at radius 3 is 3.17 bits per heavy atom. The third-order valence-corrected chi connectivity index (χ3v) is 3.97. The maximum absolute atomic E-state index is 12.3. The maximum atomic E-state index is 12.3. The van der Waals surface area contributed by atoms with Crippen LogP contribution in [-0.4, -0.2) is 47.3 Å². The van der Waals surface area contributed by atoms with Gasteiger partial charge < -0.3 is 9.64 Å². The first kappa shape index (κ1) is 11.7. The lowest BCUT2D eigenvalue weighted by atomic mass is 9.93. The molecule has 0 aromatic carbocycles. The van der Waals surface area contributed by atoms with Crippen molar-refractivity contribution in [2.24, 2.45) is 5.92 Å². The van der Waals surface area contributed by atoms with Gasteiger partial charge in [-0.05, 0) is 25.3 Å². The summed E-state index contributed by atoms with van der Waals surface area (Å²) in [6, 6.07) is 2.01. The Bertz CT molecular complexity index is 398. The van der Waals surface area contributed by atoms with E-state index in [1.54, 1.807) is 6.20 Å². The SMILES string of the molecule is O=C([C@H]1CCOC1)N1CCC[C@H](c2ccn[nH]2)C1. The van der Waals surface area contributed by atoms with Gasteiger partial charge in [0.2, 0.25) is 5.91 Å². The number of rotatable bonds is 2. The second-order valence-corrected chi connectivity index (χ2v) is 5.20. The van der Waals surface area contributed by atoms with E-state index in [1.807, 2.05) is 11.0 Å². The highest BCUT2D eigenvalue weighted by Crippen LogP contribution is 2.27. The molecule has 2 saturated heterocycles. The largest absolute Gasteiger partial charge is 0.381 e. The van der Waals surface area contributed by atoms with Gasteiger partial charge in [-0.25, -0.2) is 0 Å². The van der Waals surface area contributed by atoms with Crippen molar-refractivity contribution in [2.45, 2.75) is 25.2 Å². The molecule has 2 aliphatic rings. The molecule has 3 rings (SSSR count). The second kappa shape index (κ2) is 5.10. The Balaban J connectivity index is 1.64. The number of aromatic nitrogens is 2. The summed E-state index contributed by atoms with van der Waals surface area (Å²) in [4.78, 5) is 14.3. The highest BCUT2D eigenvalue weighted by atomic mass is 16.5. The van der Waals surface area contributed by atoms with Crippen LogP contribution in [0, 0.1) is 5.92 Å². The minimum atomic E-state index is 0.0884. The predicted molar refractivity (Wildman–Crippen MR) is 66.1 cm³/mol. The predicted octanol–water partition coefficient (Wildman–Crippen LogP) is 1.15. The van der Waals surface area contributed by atoms with Crippen LogP contribution >= 0.6 is 0 Å². The molecule has 1 N–H and O–H groups in total. The molecule has 2 aliphatic heterocycles. The van der Waals surface area contributed by atoms with E-state index in [1.165, 1.54) is 0 Å². The molecule has 0 bridgehead atoms. The molecule has 0 spiro atoms. The molecular weight excluding hydrogens is 230 g/mol. The molecule has 98 valence electrons. The summed E-state index contributed by atoms with van der Waals surface area (Å²) in [5.74, 6) is 0.773. The summed E-state index contributed by atoms with van der Waals surface area (Å²) >= 11 is 0. The third-order valence-electron chi connectivity index (χ3n) is 3.97. The Hall–Kier alpha value is -1.36. The zero-order valence-electron chi connectivity index (χ0n) is 10.5. The zero-order valence-corrected chi connectivity index (χ0v) is 10.5. The molecule has 0 unspecified atom stereocenters. The maximum Gasteiger partial charge on any atom is 0.228 e. The molecule has 1 aromatic heterocycles. The topological polar surface area (TPSA) is 58.2 Å². The van der Waals surface area contributed by atoms with Crippen molar-refractivity contribution in [3.05, 3.63) is 18.0 Å². The normalized spacial score (nSPS) is 28.6. The van der Waals surface area contributed by atoms with Crippen molar-refractivity contribution >= 4 is 5.91 Å². The number of H-pyrrole nitrogens is 1. The Labute approximate surface area is 107 Å². The summed E-state index contributed by atoms with van der Waals surface area (Å²) in [5, 5.41) is 7.02. The van der Waals surface area contributed by atoms with E-state index >= 15 is 0 Å². The quantitative estimate of drug-likeness (QED) is 0.855. The van der Waals surface area contributed by atoms with Crippen molar-refractivity contribution in [1.82, 2.24) is 15.1 Å². The zero-order chi connectivity index (χ0) is 12.4. The van der Waals surface area contributed by atoms with Crippen LogP contribution < -0.4 is 0 Å². The number of likely N-dealkylation sites (tertiary alicyclic amines) is 1. The fraction of sp³-hybridized carbons (Fsp3) is 0.692. The van der Waals surface area contributed by atoms with Crippen molar-refractivity contribution in [3.8, 4) is 0 Å². The molecule has 0 aliphatic carbocycles. The van der Waals surface area contributed by atoms with Crippen molar-refractivity contribution in [2.75, 3.05) is 26.3 Å². The Morgan fingerprint density at radius 1 is 1.50 bits per heavy atom. The van der Waals surface area contributed by atoms with Crippen LogP contribution in [0.5, 0.6) is 0 Å². The lowest BCUT2D eigenvalue weighted by molar-refractivity contribution is -0.136. The molecule has 2 atom stereocenters. The van der Waals surface area contributed by atoms with E-state index < -0.39 is 0 Å². The molecule has 18 heavy (non-hydrogen) atoms. The van der Waals surface area contributed by atoms with E-state index in [4.69, 9.17) is 4.74 Å². The Kier molecular flexibility index (Phi) is 3.32. The van der Waals surface area contributed by atoms with Gasteiger partial charge >= 0.3 is 0 Å². The van der Waals surface area contributed by atoms with Gasteiger partial charge in [-0.15, -0.1) is 0 Å². The van der Waals surface area contributed by atoms with Crippen LogP contribution in [0.15, 0.2) is 12.3 Å². The standard InChI is InChI=1S/C13H19N3O2/c17-13(11-4-7-18-9-11)16-6-1-2-10(8-16)12-3-5-14-15-12/h3,5,10-11H,1-2,4,6-9H2,(H,14,15)/t10-,11-/m0/s1. The number of piperidine rings is 1. The van der Waals surface area contributed by atoms with Gasteiger partial charge in [0.05, 0.1) is 12.5 Å². The molecule has 2 fully saturated rings. The molecule has 3 heterocycles. The van der Waals surface area contributed by atoms with Gasteiger partial charge in [-0.1, -0.05) is 0 Å². The smallest absolute Gasteiger partial charge is 0.228 e. The average Bonchev–Trinajstić information content (AvgIpc) is 3.11. The number of hydrogen-bond acceptors (Lipinski definition) is 3. The van der Waals surface area contributed by atoms with Gasteiger partial charge in [-0.3, -0.25) is 9.89 Å². The van der Waals surface area contributed by atoms with Gasteiger partial charge in [0.15, 0.2) is 0 Å². The fourth-order valence-electron chi connectivity index (χ4n) is 2.91. The minimum absolute atomic E-state index is 0.0884. The third kappa shape index (κ3) is 2.27. The summed E-state index contributed by atoms with van der Waals surface area (Å²) in [7, 11) is 0. The Morgan fingerprint density at radius 2 is 2.44 bits per heavy atom. The van der Waals surface area contributed by atoms with Crippen molar-refractivity contribution in [3.63, 3.8) is 0 Å². The lowest BCUT2D eigenvalue weighted by Crippen LogP contribution is -2.42. The highest BCUT2D eigenvalue weighted by Gasteiger charge is 2.31. The van der Waals surface area contributed by atoms with Crippen molar-refractivity contribution in [1.29, 1.82) is 0 Å². The van der Waals surface area contributed by atoms with Crippen LogP contribution in [0.1, 0.15) is 30.9 Å². The van der Waals surface area contributed by atoms with E-state index in [-0.39, 0.29) is 11.8 Å². The first-order valence-corrected chi connectivity index (χ1v) is 6.70.